The third-order valence-corrected chi connectivity index (χ3v) is 5.12. The summed E-state index contributed by atoms with van der Waals surface area (Å²) in [6.45, 7) is 7.17. The van der Waals surface area contributed by atoms with Crippen LogP contribution in [0.1, 0.15) is 30.9 Å². The fourth-order valence-electron chi connectivity index (χ4n) is 3.76. The average molecular weight is 330 g/mol. The van der Waals surface area contributed by atoms with E-state index < -0.39 is 6.10 Å². The Balaban J connectivity index is 1.47. The van der Waals surface area contributed by atoms with Crippen molar-refractivity contribution in [2.24, 2.45) is 16.6 Å². The van der Waals surface area contributed by atoms with Gasteiger partial charge in [-0.15, -0.1) is 0 Å². The van der Waals surface area contributed by atoms with Crippen LogP contribution < -0.4 is 5.73 Å². The minimum atomic E-state index is -0.462. The number of fused-ring (bicyclic) bond motifs is 1. The number of nitrogens with zero attached hydrogens (tertiary/aromatic N) is 3. The SMILES string of the molecule is CC1CCCN(C(N)=NCC(O)CN2CCc3ccccc3C2)C1. The van der Waals surface area contributed by atoms with Gasteiger partial charge in [-0.05, 0) is 36.3 Å². The molecule has 5 heteroatoms. The predicted molar refractivity (Wildman–Crippen MR) is 97.9 cm³/mol. The van der Waals surface area contributed by atoms with Gasteiger partial charge >= 0.3 is 0 Å². The molecule has 2 atom stereocenters. The van der Waals surface area contributed by atoms with Crippen molar-refractivity contribution in [2.45, 2.75) is 38.8 Å². The van der Waals surface area contributed by atoms with Crippen LogP contribution in [0.25, 0.3) is 0 Å². The molecule has 2 unspecified atom stereocenters. The highest BCUT2D eigenvalue weighted by atomic mass is 16.3. The Morgan fingerprint density at radius 3 is 2.92 bits per heavy atom. The molecule has 1 fully saturated rings. The van der Waals surface area contributed by atoms with E-state index in [-0.39, 0.29) is 0 Å². The van der Waals surface area contributed by atoms with Gasteiger partial charge in [-0.3, -0.25) is 9.89 Å². The molecule has 3 rings (SSSR count). The summed E-state index contributed by atoms with van der Waals surface area (Å²) in [4.78, 5) is 8.89. The molecule has 0 aliphatic carbocycles. The summed E-state index contributed by atoms with van der Waals surface area (Å²) < 4.78 is 0. The summed E-state index contributed by atoms with van der Waals surface area (Å²) in [6, 6.07) is 8.57. The number of aliphatic hydroxyl groups excluding tert-OH is 1. The molecule has 0 saturated carbocycles. The van der Waals surface area contributed by atoms with Crippen LogP contribution in [-0.2, 0) is 13.0 Å². The molecular formula is C19H30N4O. The summed E-state index contributed by atoms with van der Waals surface area (Å²) in [6.07, 6.45) is 3.03. The second-order valence-electron chi connectivity index (χ2n) is 7.30. The van der Waals surface area contributed by atoms with Gasteiger partial charge in [0.25, 0.3) is 0 Å². The third kappa shape index (κ3) is 4.48. The van der Waals surface area contributed by atoms with E-state index in [1.165, 1.54) is 24.0 Å². The Labute approximate surface area is 145 Å². The van der Waals surface area contributed by atoms with Gasteiger partial charge in [0.05, 0.1) is 12.6 Å². The highest BCUT2D eigenvalue weighted by molar-refractivity contribution is 5.78. The number of hydrogen-bond donors (Lipinski definition) is 2. The topological polar surface area (TPSA) is 65.1 Å². The number of guanidine groups is 1. The fourth-order valence-corrected chi connectivity index (χ4v) is 3.76. The number of aliphatic hydroxyl groups is 1. The second kappa shape index (κ2) is 7.99. The van der Waals surface area contributed by atoms with Crippen LogP contribution in [0, 0.1) is 5.92 Å². The van der Waals surface area contributed by atoms with Crippen LogP contribution in [0.15, 0.2) is 29.3 Å². The molecule has 2 heterocycles. The van der Waals surface area contributed by atoms with E-state index in [0.29, 0.717) is 25.0 Å². The first kappa shape index (κ1) is 17.2. The number of β-amino-alcohol motifs (C(OH)–C–C–N with tert-alkyl or cyclic N) is 1. The lowest BCUT2D eigenvalue weighted by Gasteiger charge is -2.32. The normalized spacial score (nSPS) is 23.8. The van der Waals surface area contributed by atoms with Gasteiger partial charge in [0.15, 0.2) is 5.96 Å². The Hall–Kier alpha value is -1.59. The number of likely N-dealkylation sites (tertiary alicyclic amines) is 1. The largest absolute Gasteiger partial charge is 0.390 e. The molecule has 1 saturated heterocycles. The van der Waals surface area contributed by atoms with E-state index in [0.717, 1.165) is 32.6 Å². The Kier molecular flexibility index (Phi) is 5.74. The number of hydrogen-bond acceptors (Lipinski definition) is 3. The number of rotatable bonds is 4. The van der Waals surface area contributed by atoms with Crippen LogP contribution in [0.5, 0.6) is 0 Å². The molecule has 0 radical (unpaired) electrons. The molecule has 0 bridgehead atoms. The van der Waals surface area contributed by atoms with Crippen molar-refractivity contribution < 1.29 is 5.11 Å². The molecule has 0 spiro atoms. The summed E-state index contributed by atoms with van der Waals surface area (Å²) >= 11 is 0. The monoisotopic (exact) mass is 330 g/mol. The lowest BCUT2D eigenvalue weighted by Crippen LogP contribution is -2.44. The minimum absolute atomic E-state index is 0.384. The summed E-state index contributed by atoms with van der Waals surface area (Å²) in [7, 11) is 0. The average Bonchev–Trinajstić information content (AvgIpc) is 2.59. The highest BCUT2D eigenvalue weighted by Gasteiger charge is 2.20. The maximum atomic E-state index is 10.3. The molecule has 24 heavy (non-hydrogen) atoms. The van der Waals surface area contributed by atoms with Crippen LogP contribution in [0.2, 0.25) is 0 Å². The zero-order chi connectivity index (χ0) is 16.9. The van der Waals surface area contributed by atoms with Crippen LogP contribution in [0.4, 0.5) is 0 Å². The van der Waals surface area contributed by atoms with Crippen molar-refractivity contribution >= 4 is 5.96 Å². The first-order valence-corrected chi connectivity index (χ1v) is 9.14. The van der Waals surface area contributed by atoms with E-state index in [2.05, 4.69) is 46.0 Å². The molecule has 1 aromatic rings. The molecule has 2 aliphatic heterocycles. The number of nitrogens with two attached hydrogens (primary N) is 1. The van der Waals surface area contributed by atoms with Gasteiger partial charge in [-0.1, -0.05) is 31.2 Å². The maximum Gasteiger partial charge on any atom is 0.191 e. The summed E-state index contributed by atoms with van der Waals surface area (Å²) in [5.41, 5.74) is 8.92. The molecule has 5 nitrogen and oxygen atoms in total. The molecule has 2 aliphatic rings. The van der Waals surface area contributed by atoms with E-state index in [9.17, 15) is 5.11 Å². The Morgan fingerprint density at radius 2 is 2.12 bits per heavy atom. The Morgan fingerprint density at radius 1 is 1.33 bits per heavy atom. The van der Waals surface area contributed by atoms with E-state index >= 15 is 0 Å². The molecular weight excluding hydrogens is 300 g/mol. The van der Waals surface area contributed by atoms with E-state index in [1.54, 1.807) is 0 Å². The van der Waals surface area contributed by atoms with Crippen molar-refractivity contribution in [3.63, 3.8) is 0 Å². The van der Waals surface area contributed by atoms with Crippen molar-refractivity contribution in [1.82, 2.24) is 9.80 Å². The molecule has 132 valence electrons. The van der Waals surface area contributed by atoms with Crippen LogP contribution >= 0.6 is 0 Å². The zero-order valence-electron chi connectivity index (χ0n) is 14.7. The summed E-state index contributed by atoms with van der Waals surface area (Å²) in [5, 5.41) is 10.3. The molecule has 1 aromatic carbocycles. The molecule has 0 aromatic heterocycles. The first-order valence-electron chi connectivity index (χ1n) is 9.14. The predicted octanol–water partition coefficient (Wildman–Crippen LogP) is 1.45. The first-order chi connectivity index (χ1) is 11.6. The van der Waals surface area contributed by atoms with Crippen molar-refractivity contribution in [3.05, 3.63) is 35.4 Å². The van der Waals surface area contributed by atoms with E-state index in [1.807, 2.05) is 0 Å². The van der Waals surface area contributed by atoms with Gasteiger partial charge in [-0.25, -0.2) is 0 Å². The lowest BCUT2D eigenvalue weighted by atomic mass is 10.00. The van der Waals surface area contributed by atoms with Crippen molar-refractivity contribution in [2.75, 3.05) is 32.7 Å². The van der Waals surface area contributed by atoms with Crippen molar-refractivity contribution in [3.8, 4) is 0 Å². The van der Waals surface area contributed by atoms with Crippen LogP contribution in [-0.4, -0.2) is 59.7 Å². The van der Waals surface area contributed by atoms with Gasteiger partial charge in [0.2, 0.25) is 0 Å². The van der Waals surface area contributed by atoms with Gasteiger partial charge in [0.1, 0.15) is 0 Å². The molecule has 3 N–H and O–H groups in total. The second-order valence-corrected chi connectivity index (χ2v) is 7.30. The number of piperidine rings is 1. The Bertz CT molecular complexity index is 574. The number of benzene rings is 1. The quantitative estimate of drug-likeness (QED) is 0.648. The molecule has 0 amide bonds. The third-order valence-electron chi connectivity index (χ3n) is 5.12. The van der Waals surface area contributed by atoms with Gasteiger partial charge < -0.3 is 15.7 Å². The minimum Gasteiger partial charge on any atom is -0.390 e. The van der Waals surface area contributed by atoms with Crippen LogP contribution in [0.3, 0.4) is 0 Å². The maximum absolute atomic E-state index is 10.3. The standard InChI is InChI=1S/C19H30N4O/c1-15-5-4-9-23(12-15)19(20)21-11-18(24)14-22-10-8-16-6-2-3-7-17(16)13-22/h2-3,6-7,15,18,24H,4-5,8-14H2,1H3,(H2,20,21). The highest BCUT2D eigenvalue weighted by Crippen LogP contribution is 2.18. The lowest BCUT2D eigenvalue weighted by molar-refractivity contribution is 0.111. The summed E-state index contributed by atoms with van der Waals surface area (Å²) in [5.74, 6) is 1.26. The number of aliphatic imine (C=N–C) groups is 1. The van der Waals surface area contributed by atoms with Crippen molar-refractivity contribution in [1.29, 1.82) is 0 Å². The smallest absolute Gasteiger partial charge is 0.191 e. The van der Waals surface area contributed by atoms with Gasteiger partial charge in [-0.2, -0.15) is 0 Å². The zero-order valence-corrected chi connectivity index (χ0v) is 14.7. The van der Waals surface area contributed by atoms with Gasteiger partial charge in [0, 0.05) is 32.7 Å². The van der Waals surface area contributed by atoms with E-state index in [4.69, 9.17) is 5.73 Å². The fraction of sp³-hybridized carbons (Fsp3) is 0.632.